The second-order valence-electron chi connectivity index (χ2n) is 24.4. The third kappa shape index (κ3) is 10.8. The lowest BCUT2D eigenvalue weighted by Gasteiger charge is -2.71. The van der Waals surface area contributed by atoms with Crippen molar-refractivity contribution in [2.45, 2.75) is 90.1 Å². The van der Waals surface area contributed by atoms with Gasteiger partial charge in [0.2, 0.25) is 20.0 Å². The van der Waals surface area contributed by atoms with Gasteiger partial charge in [0, 0.05) is 101 Å². The van der Waals surface area contributed by atoms with Gasteiger partial charge in [-0.15, -0.1) is 0 Å². The van der Waals surface area contributed by atoms with Crippen molar-refractivity contribution in [1.82, 2.24) is 29.0 Å². The Kier molecular flexibility index (Phi) is 17.8. The molecule has 2 unspecified atom stereocenters. The van der Waals surface area contributed by atoms with Crippen molar-refractivity contribution in [3.8, 4) is 11.5 Å². The number of sulfonamides is 2. The Hall–Kier alpha value is -4.99. The van der Waals surface area contributed by atoms with Crippen molar-refractivity contribution < 1.29 is 50.2 Å². The average molecular weight is 1150 g/mol. The fraction of sp³-hybridized carbons (Fsp3) is 0.557. The fourth-order valence-corrected chi connectivity index (χ4v) is 16.4. The summed E-state index contributed by atoms with van der Waals surface area (Å²) in [6.07, 6.45) is 4.50. The van der Waals surface area contributed by atoms with Gasteiger partial charge in [-0.05, 0) is 134 Å². The van der Waals surface area contributed by atoms with E-state index in [9.17, 15) is 27.0 Å². The van der Waals surface area contributed by atoms with Gasteiger partial charge in [0.1, 0.15) is 23.1 Å². The summed E-state index contributed by atoms with van der Waals surface area (Å²) in [5.74, 6) is -7.27. The van der Waals surface area contributed by atoms with Crippen molar-refractivity contribution in [3.63, 3.8) is 0 Å². The first kappa shape index (κ1) is 61.1. The van der Waals surface area contributed by atoms with E-state index in [1.165, 1.54) is 59.1 Å². The Morgan fingerprint density at radius 1 is 0.613 bits per heavy atom. The summed E-state index contributed by atoms with van der Waals surface area (Å²) in [5.41, 5.74) is -4.22. The van der Waals surface area contributed by atoms with Crippen LogP contribution in [0.3, 0.4) is 0 Å². The van der Waals surface area contributed by atoms with E-state index in [4.69, 9.17) is 0 Å². The number of carbonyl (C=O) groups is 3. The van der Waals surface area contributed by atoms with E-state index in [-0.39, 0.29) is 90.4 Å². The zero-order valence-corrected chi connectivity index (χ0v) is 49.7. The van der Waals surface area contributed by atoms with Gasteiger partial charge in [0.15, 0.2) is 17.3 Å². The van der Waals surface area contributed by atoms with Crippen molar-refractivity contribution in [2.24, 2.45) is 34.5 Å². The van der Waals surface area contributed by atoms with E-state index in [0.29, 0.717) is 63.0 Å². The Morgan fingerprint density at radius 2 is 0.975 bits per heavy atom. The Labute approximate surface area is 472 Å². The summed E-state index contributed by atoms with van der Waals surface area (Å²) >= 11 is 0. The SMILES string of the molecule is Cc1c(F)cccc1[C@H]1[C@@H](C(=O)c2cccc(O)c2)CN(CCN(C)S(C)(=O)=O)[C@@](C(=O)[C@@]2(C3CCCNC3)N(CCN(C)S(C)(=O)=O)C[C@H](C(=O)c3cccc(O)c3)[C@H](c3cccc(F)c3C)C2(C)C)(C2CCCNC2)C1(C)C. The summed E-state index contributed by atoms with van der Waals surface area (Å²) < 4.78 is 89.3. The highest BCUT2D eigenvalue weighted by molar-refractivity contribution is 7.88. The van der Waals surface area contributed by atoms with Crippen molar-refractivity contribution in [2.75, 3.05) is 92.1 Å². The second-order valence-corrected chi connectivity index (χ2v) is 28.5. The monoisotopic (exact) mass is 1140 g/mol. The molecule has 0 spiro atoms. The number of nitrogens with zero attached hydrogens (tertiary/aromatic N) is 4. The number of ketones is 3. The molecular weight excluding hydrogens is 1060 g/mol. The molecule has 15 nitrogen and oxygen atoms in total. The van der Waals surface area contributed by atoms with Gasteiger partial charge < -0.3 is 20.8 Å². The van der Waals surface area contributed by atoms with Gasteiger partial charge in [-0.3, -0.25) is 24.2 Å². The molecule has 4 fully saturated rings. The van der Waals surface area contributed by atoms with E-state index in [0.717, 1.165) is 12.5 Å². The van der Waals surface area contributed by atoms with Crippen LogP contribution in [-0.4, -0.2) is 166 Å². The topological polar surface area (TPSA) is 197 Å². The van der Waals surface area contributed by atoms with Crippen LogP contribution in [0.15, 0.2) is 84.9 Å². The minimum Gasteiger partial charge on any atom is -0.508 e. The molecule has 4 heterocycles. The number of nitrogens with one attached hydrogen (secondary N) is 2. The molecule has 4 aromatic carbocycles. The summed E-state index contributed by atoms with van der Waals surface area (Å²) in [6.45, 7) is 12.7. The van der Waals surface area contributed by atoms with Gasteiger partial charge in [-0.1, -0.05) is 76.2 Å². The van der Waals surface area contributed by atoms with Crippen LogP contribution in [0.2, 0.25) is 0 Å². The number of carbonyl (C=O) groups excluding carboxylic acids is 3. The van der Waals surface area contributed by atoms with Gasteiger partial charge in [-0.2, -0.15) is 0 Å². The van der Waals surface area contributed by atoms with E-state index < -0.39 is 89.1 Å². The number of benzene rings is 4. The Balaban J connectivity index is 1.53. The minimum atomic E-state index is -3.82. The van der Waals surface area contributed by atoms with Gasteiger partial charge in [-0.25, -0.2) is 34.2 Å². The first-order valence-electron chi connectivity index (χ1n) is 28.0. The molecule has 8 rings (SSSR count). The number of Topliss-reactive ketones (excluding diaryl/α,β-unsaturated/α-hetero) is 3. The lowest BCUT2D eigenvalue weighted by Crippen LogP contribution is -2.85. The zero-order valence-electron chi connectivity index (χ0n) is 48.1. The molecule has 4 N–H and O–H groups in total. The quantitative estimate of drug-likeness (QED) is 0.0722. The van der Waals surface area contributed by atoms with Gasteiger partial charge in [0.05, 0.1) is 23.6 Å². The normalized spacial score (nSPS) is 27.7. The second kappa shape index (κ2) is 23.3. The van der Waals surface area contributed by atoms with Gasteiger partial charge in [0.25, 0.3) is 0 Å². The maximum Gasteiger partial charge on any atom is 0.210 e. The predicted octanol–water partition coefficient (Wildman–Crippen LogP) is 7.37. The number of likely N-dealkylation sites (tertiary alicyclic amines) is 2. The highest BCUT2D eigenvalue weighted by atomic mass is 32.2. The number of phenolic OH excluding ortho intramolecular Hbond substituents is 2. The van der Waals surface area contributed by atoms with Crippen LogP contribution in [-0.2, 0) is 24.8 Å². The van der Waals surface area contributed by atoms with Crippen LogP contribution >= 0.6 is 0 Å². The third-order valence-corrected chi connectivity index (χ3v) is 22.0. The molecular formula is C61H82F2N6O9S2. The largest absolute Gasteiger partial charge is 0.508 e. The van der Waals surface area contributed by atoms with Crippen LogP contribution in [0.5, 0.6) is 11.5 Å². The van der Waals surface area contributed by atoms with Crippen molar-refractivity contribution >= 4 is 37.4 Å². The first-order valence-corrected chi connectivity index (χ1v) is 31.7. The van der Waals surface area contributed by atoms with Crippen LogP contribution in [0.25, 0.3) is 0 Å². The van der Waals surface area contributed by atoms with Crippen molar-refractivity contribution in [1.29, 1.82) is 0 Å². The molecule has 4 aliphatic rings. The fourth-order valence-electron chi connectivity index (χ4n) is 15.5. The maximum absolute atomic E-state index is 19.0. The summed E-state index contributed by atoms with van der Waals surface area (Å²) in [5, 5.41) is 29.0. The van der Waals surface area contributed by atoms with Crippen LogP contribution in [0.1, 0.15) is 108 Å². The number of piperidine rings is 4. The molecule has 4 aromatic rings. The number of phenols is 2. The Morgan fingerprint density at radius 3 is 1.30 bits per heavy atom. The van der Waals surface area contributed by atoms with Crippen LogP contribution < -0.4 is 10.6 Å². The summed E-state index contributed by atoms with van der Waals surface area (Å²) in [6, 6.07) is 21.7. The molecule has 19 heteroatoms. The molecule has 0 aromatic heterocycles. The van der Waals surface area contributed by atoms with Gasteiger partial charge >= 0.3 is 0 Å². The molecule has 0 saturated carbocycles. The Bertz CT molecular complexity index is 2990. The lowest BCUT2D eigenvalue weighted by atomic mass is 9.41. The summed E-state index contributed by atoms with van der Waals surface area (Å²) in [7, 11) is -4.70. The predicted molar refractivity (Wildman–Crippen MR) is 307 cm³/mol. The van der Waals surface area contributed by atoms with Crippen LogP contribution in [0, 0.1) is 60.0 Å². The first-order chi connectivity index (χ1) is 37.5. The molecule has 4 saturated heterocycles. The average Bonchev–Trinajstić information content (AvgIpc) is 3.57. The van der Waals surface area contributed by atoms with Crippen molar-refractivity contribution in [3.05, 3.63) is 130 Å². The smallest absolute Gasteiger partial charge is 0.210 e. The van der Waals surface area contributed by atoms with E-state index in [1.807, 2.05) is 49.6 Å². The van der Waals surface area contributed by atoms with E-state index >= 15 is 23.2 Å². The molecule has 4 aliphatic heterocycles. The highest BCUT2D eigenvalue weighted by Crippen LogP contribution is 2.66. The molecule has 436 valence electrons. The molecule has 8 atom stereocenters. The number of hydrogen-bond donors (Lipinski definition) is 4. The molecule has 0 aliphatic carbocycles. The highest BCUT2D eigenvalue weighted by Gasteiger charge is 2.76. The molecule has 0 amide bonds. The number of rotatable bonds is 18. The number of aromatic hydroxyl groups is 2. The molecule has 0 bridgehead atoms. The van der Waals surface area contributed by atoms with E-state index in [1.54, 1.807) is 50.2 Å². The standard InChI is InChI=1S/C61H82F2N6O9S2/c1-39-47(23-13-25-51(39)62)53-49(55(72)41-17-11-21-45(70)33-41)37-68(31-29-66(7)79(9,75)76)60(58(53,3)4,43-19-15-27-64-35-43)57(74)61(44-20-16-28-65-36-44)59(5,6)54(48-24-14-26-52(63)40(48)2)50(56(73)42-18-12-22-46(71)34-42)38-69(61)32-30-67(8)80(10,77)78/h11-14,17-18,21-26,33-34,43-44,49-50,53-54,64-65,70-71H,15-16,19-20,27-32,35-38H2,1-10H3/t43?,44?,49-,50-,53-,54-,60+,61+/m0/s1. The lowest BCUT2D eigenvalue weighted by molar-refractivity contribution is -0.201. The number of hydrogen-bond acceptors (Lipinski definition) is 13. The molecule has 0 radical (unpaired) electrons. The minimum absolute atomic E-state index is 0.0464. The molecule has 80 heavy (non-hydrogen) atoms. The maximum atomic E-state index is 19.0. The zero-order chi connectivity index (χ0) is 58.5. The number of halogens is 2. The summed E-state index contributed by atoms with van der Waals surface area (Å²) in [4.78, 5) is 54.5. The number of likely N-dealkylation sites (N-methyl/N-ethyl adjacent to an activating group) is 2. The van der Waals surface area contributed by atoms with Crippen LogP contribution in [0.4, 0.5) is 8.78 Å². The third-order valence-electron chi connectivity index (χ3n) is 19.4. The van der Waals surface area contributed by atoms with E-state index in [2.05, 4.69) is 10.6 Å².